The normalized spacial score (nSPS) is 10.6. The molecule has 0 bridgehead atoms. The van der Waals surface area contributed by atoms with Crippen LogP contribution in [0, 0.1) is 5.95 Å². The minimum absolute atomic E-state index is 0.0690. The molecule has 6 nitrogen and oxygen atoms in total. The first-order chi connectivity index (χ1) is 10.7. The molecular weight excluding hydrogens is 289 g/mol. The van der Waals surface area contributed by atoms with Gasteiger partial charge in [0.1, 0.15) is 11.3 Å². The molecule has 22 heavy (non-hydrogen) atoms. The quantitative estimate of drug-likeness (QED) is 0.801. The van der Waals surface area contributed by atoms with Gasteiger partial charge in [-0.3, -0.25) is 9.78 Å². The summed E-state index contributed by atoms with van der Waals surface area (Å²) in [5.41, 5.74) is 1.35. The number of furan rings is 1. The lowest BCUT2D eigenvalue weighted by molar-refractivity contribution is -0.115. The number of hydrogen-bond acceptors (Lipinski definition) is 5. The van der Waals surface area contributed by atoms with Gasteiger partial charge in [0.2, 0.25) is 11.9 Å². The van der Waals surface area contributed by atoms with E-state index in [9.17, 15) is 9.18 Å². The van der Waals surface area contributed by atoms with E-state index >= 15 is 0 Å². The second-order valence-electron chi connectivity index (χ2n) is 4.58. The zero-order valence-electron chi connectivity index (χ0n) is 11.7. The highest BCUT2D eigenvalue weighted by atomic mass is 19.1. The molecule has 112 valence electrons. The summed E-state index contributed by atoms with van der Waals surface area (Å²) in [4.78, 5) is 19.1. The molecule has 0 spiro atoms. The van der Waals surface area contributed by atoms with E-state index in [0.29, 0.717) is 11.3 Å². The van der Waals surface area contributed by atoms with Gasteiger partial charge < -0.3 is 14.5 Å². The molecule has 3 rings (SSSR count). The fraction of sp³-hybridized carbons (Fsp3) is 0.133. The van der Waals surface area contributed by atoms with Gasteiger partial charge in [-0.2, -0.15) is 9.37 Å². The van der Waals surface area contributed by atoms with Gasteiger partial charge in [-0.05, 0) is 12.1 Å². The molecule has 2 heterocycles. The number of ether oxygens (including phenoxy) is 1. The largest absolute Gasteiger partial charge is 0.497 e. The summed E-state index contributed by atoms with van der Waals surface area (Å²) < 4.78 is 23.4. The molecule has 0 aliphatic rings. The third-order valence-electron chi connectivity index (χ3n) is 3.09. The number of carbonyl (C=O) groups excluding carboxylic acids is 1. The highest BCUT2D eigenvalue weighted by molar-refractivity contribution is 5.94. The Morgan fingerprint density at radius 1 is 1.41 bits per heavy atom. The molecule has 0 radical (unpaired) electrons. The fourth-order valence-corrected chi connectivity index (χ4v) is 2.09. The van der Waals surface area contributed by atoms with Crippen molar-refractivity contribution in [1.82, 2.24) is 9.97 Å². The molecule has 0 saturated carbocycles. The second-order valence-corrected chi connectivity index (χ2v) is 4.58. The lowest BCUT2D eigenvalue weighted by atomic mass is 10.1. The van der Waals surface area contributed by atoms with Crippen molar-refractivity contribution >= 4 is 22.7 Å². The Hall–Kier alpha value is -2.96. The number of anilines is 1. The molecule has 0 fully saturated rings. The van der Waals surface area contributed by atoms with Crippen LogP contribution in [-0.4, -0.2) is 23.0 Å². The number of methoxy groups -OCH3 is 1. The van der Waals surface area contributed by atoms with E-state index in [-0.39, 0.29) is 18.1 Å². The maximum absolute atomic E-state index is 12.9. The first kappa shape index (κ1) is 14.0. The molecule has 0 unspecified atom stereocenters. The number of nitrogens with one attached hydrogen (secondary N) is 1. The second kappa shape index (κ2) is 5.80. The summed E-state index contributed by atoms with van der Waals surface area (Å²) in [5.74, 6) is -0.343. The summed E-state index contributed by atoms with van der Waals surface area (Å²) in [6.07, 6.45) is 3.84. The van der Waals surface area contributed by atoms with Gasteiger partial charge >= 0.3 is 0 Å². The van der Waals surface area contributed by atoms with E-state index in [0.717, 1.165) is 17.1 Å². The molecule has 0 aliphatic carbocycles. The van der Waals surface area contributed by atoms with Crippen LogP contribution >= 0.6 is 0 Å². The number of carbonyl (C=O) groups is 1. The number of benzene rings is 1. The minimum atomic E-state index is -0.751. The van der Waals surface area contributed by atoms with Gasteiger partial charge in [-0.1, -0.05) is 0 Å². The SMILES string of the molecule is COc1ccc2c(CC(=O)Nc3cncc(F)n3)coc2c1. The Morgan fingerprint density at radius 3 is 3.05 bits per heavy atom. The van der Waals surface area contributed by atoms with Crippen molar-refractivity contribution < 1.29 is 18.3 Å². The van der Waals surface area contributed by atoms with Crippen molar-refractivity contribution in [1.29, 1.82) is 0 Å². The zero-order chi connectivity index (χ0) is 15.5. The summed E-state index contributed by atoms with van der Waals surface area (Å²) in [6.45, 7) is 0. The zero-order valence-corrected chi connectivity index (χ0v) is 11.7. The predicted molar refractivity (Wildman–Crippen MR) is 77.1 cm³/mol. The summed E-state index contributed by atoms with van der Waals surface area (Å²) in [6, 6.07) is 5.36. The van der Waals surface area contributed by atoms with Crippen LogP contribution in [0.5, 0.6) is 5.75 Å². The molecule has 2 aromatic heterocycles. The van der Waals surface area contributed by atoms with Crippen molar-refractivity contribution in [3.63, 3.8) is 0 Å². The maximum Gasteiger partial charge on any atom is 0.233 e. The lowest BCUT2D eigenvalue weighted by Gasteiger charge is -2.03. The first-order valence-electron chi connectivity index (χ1n) is 6.47. The number of rotatable bonds is 4. The van der Waals surface area contributed by atoms with E-state index in [1.54, 1.807) is 19.2 Å². The Morgan fingerprint density at radius 2 is 2.27 bits per heavy atom. The number of hydrogen-bond donors (Lipinski definition) is 1. The van der Waals surface area contributed by atoms with Gasteiger partial charge in [-0.25, -0.2) is 0 Å². The number of amides is 1. The van der Waals surface area contributed by atoms with Gasteiger partial charge in [0.25, 0.3) is 0 Å². The summed E-state index contributed by atoms with van der Waals surface area (Å²) in [7, 11) is 1.57. The fourth-order valence-electron chi connectivity index (χ4n) is 2.09. The van der Waals surface area contributed by atoms with Crippen molar-refractivity contribution in [3.8, 4) is 5.75 Å². The summed E-state index contributed by atoms with van der Waals surface area (Å²) >= 11 is 0. The van der Waals surface area contributed by atoms with Crippen LogP contribution < -0.4 is 10.1 Å². The van der Waals surface area contributed by atoms with Crippen molar-refractivity contribution in [2.24, 2.45) is 0 Å². The Kier molecular flexibility index (Phi) is 3.69. The van der Waals surface area contributed by atoms with Crippen LogP contribution in [0.3, 0.4) is 0 Å². The van der Waals surface area contributed by atoms with E-state index in [4.69, 9.17) is 9.15 Å². The molecule has 0 aliphatic heterocycles. The number of fused-ring (bicyclic) bond motifs is 1. The highest BCUT2D eigenvalue weighted by Gasteiger charge is 2.12. The number of halogens is 1. The van der Waals surface area contributed by atoms with Crippen molar-refractivity contribution in [2.75, 3.05) is 12.4 Å². The summed E-state index contributed by atoms with van der Waals surface area (Å²) in [5, 5.41) is 3.31. The Bertz CT molecular complexity index is 832. The molecule has 1 aromatic carbocycles. The molecule has 1 N–H and O–H groups in total. The highest BCUT2D eigenvalue weighted by Crippen LogP contribution is 2.26. The van der Waals surface area contributed by atoms with Crippen molar-refractivity contribution in [3.05, 3.63) is 48.4 Å². The minimum Gasteiger partial charge on any atom is -0.497 e. The Labute approximate surface area is 124 Å². The van der Waals surface area contributed by atoms with Crippen LogP contribution in [0.25, 0.3) is 11.0 Å². The smallest absolute Gasteiger partial charge is 0.233 e. The monoisotopic (exact) mass is 301 g/mol. The molecule has 1 amide bonds. The molecule has 7 heteroatoms. The van der Waals surface area contributed by atoms with E-state index in [1.807, 2.05) is 6.07 Å². The average Bonchev–Trinajstić information content (AvgIpc) is 2.89. The maximum atomic E-state index is 12.9. The molecular formula is C15H12FN3O3. The molecule has 0 saturated heterocycles. The third-order valence-corrected chi connectivity index (χ3v) is 3.09. The van der Waals surface area contributed by atoms with Gasteiger partial charge in [0.05, 0.1) is 32.2 Å². The predicted octanol–water partition coefficient (Wildman–Crippen LogP) is 2.55. The topological polar surface area (TPSA) is 77.2 Å². The van der Waals surface area contributed by atoms with Crippen LogP contribution in [0.4, 0.5) is 10.2 Å². The van der Waals surface area contributed by atoms with Gasteiger partial charge in [-0.15, -0.1) is 0 Å². The Balaban J connectivity index is 1.76. The van der Waals surface area contributed by atoms with Crippen LogP contribution in [0.15, 0.2) is 41.3 Å². The average molecular weight is 301 g/mol. The van der Waals surface area contributed by atoms with Gasteiger partial charge in [0, 0.05) is 17.0 Å². The van der Waals surface area contributed by atoms with Crippen LogP contribution in [0.2, 0.25) is 0 Å². The van der Waals surface area contributed by atoms with Crippen LogP contribution in [-0.2, 0) is 11.2 Å². The number of aromatic nitrogens is 2. The number of nitrogens with zero attached hydrogens (tertiary/aromatic N) is 2. The lowest BCUT2D eigenvalue weighted by Crippen LogP contribution is -2.15. The third kappa shape index (κ3) is 2.88. The van der Waals surface area contributed by atoms with Gasteiger partial charge in [0.15, 0.2) is 5.82 Å². The first-order valence-corrected chi connectivity index (χ1v) is 6.47. The van der Waals surface area contributed by atoms with E-state index in [2.05, 4.69) is 15.3 Å². The van der Waals surface area contributed by atoms with E-state index in [1.165, 1.54) is 12.5 Å². The van der Waals surface area contributed by atoms with E-state index < -0.39 is 5.95 Å². The van der Waals surface area contributed by atoms with Crippen LogP contribution in [0.1, 0.15) is 5.56 Å². The molecule has 3 aromatic rings. The molecule has 0 atom stereocenters. The van der Waals surface area contributed by atoms with Crippen molar-refractivity contribution in [2.45, 2.75) is 6.42 Å². The standard InChI is InChI=1S/C15H12FN3O3/c1-21-10-2-3-11-9(8-22-12(11)5-10)4-15(20)19-14-7-17-6-13(16)18-14/h2-3,5-8H,4H2,1H3,(H,18,19,20).